The number of thiophene rings is 1. The number of hydrogen-bond acceptors (Lipinski definition) is 6. The van der Waals surface area contributed by atoms with Gasteiger partial charge in [0.05, 0.1) is 17.2 Å². The SMILES string of the molecule is Cc1ccc(NC(=O)c2c(N)n(N=Cc3cccs3)c3nc4ccccc4nc23)cc1. The van der Waals surface area contributed by atoms with Crippen LogP contribution in [0.25, 0.3) is 22.2 Å². The number of anilines is 2. The first-order valence-electron chi connectivity index (χ1n) is 9.63. The van der Waals surface area contributed by atoms with Gasteiger partial charge in [0.2, 0.25) is 0 Å². The van der Waals surface area contributed by atoms with E-state index in [1.54, 1.807) is 17.6 Å². The van der Waals surface area contributed by atoms with E-state index < -0.39 is 0 Å². The summed E-state index contributed by atoms with van der Waals surface area (Å²) in [5.74, 6) is -0.177. The second-order valence-corrected chi connectivity index (χ2v) is 8.02. The lowest BCUT2D eigenvalue weighted by molar-refractivity contribution is 0.102. The smallest absolute Gasteiger partial charge is 0.261 e. The third-order valence-corrected chi connectivity index (χ3v) is 5.66. The number of rotatable bonds is 4. The van der Waals surface area contributed by atoms with E-state index in [0.717, 1.165) is 10.4 Å². The highest BCUT2D eigenvalue weighted by Gasteiger charge is 2.24. The zero-order valence-electron chi connectivity index (χ0n) is 16.6. The molecule has 0 bridgehead atoms. The standard InChI is InChI=1S/C23H18N6OS/c1-14-8-10-15(11-9-14)26-23(30)19-20-22(28-18-7-3-2-6-17(18)27-20)29(21(19)24)25-13-16-5-4-12-31-16/h2-13H,24H2,1H3,(H,26,30). The minimum Gasteiger partial charge on any atom is -0.383 e. The van der Waals surface area contributed by atoms with Crippen LogP contribution in [-0.4, -0.2) is 26.8 Å². The predicted octanol–water partition coefficient (Wildman–Crippen LogP) is 4.67. The Bertz CT molecular complexity index is 1440. The molecular formula is C23H18N6OS. The molecule has 0 atom stereocenters. The molecule has 5 aromatic rings. The minimum absolute atomic E-state index is 0.183. The molecule has 3 heterocycles. The maximum absolute atomic E-state index is 13.2. The topological polar surface area (TPSA) is 98.2 Å². The zero-order valence-corrected chi connectivity index (χ0v) is 17.4. The Hall–Kier alpha value is -4.04. The fourth-order valence-corrected chi connectivity index (χ4v) is 3.88. The average molecular weight is 427 g/mol. The molecule has 0 saturated carbocycles. The number of aryl methyl sites for hydroxylation is 1. The van der Waals surface area contributed by atoms with Crippen LogP contribution in [0.4, 0.5) is 11.5 Å². The van der Waals surface area contributed by atoms with Crippen LogP contribution in [0.5, 0.6) is 0 Å². The number of nitrogen functional groups attached to an aromatic ring is 1. The van der Waals surface area contributed by atoms with Crippen LogP contribution in [0.3, 0.4) is 0 Å². The van der Waals surface area contributed by atoms with Gasteiger partial charge in [-0.1, -0.05) is 35.9 Å². The second kappa shape index (κ2) is 7.66. The van der Waals surface area contributed by atoms with E-state index >= 15 is 0 Å². The van der Waals surface area contributed by atoms with Gasteiger partial charge in [-0.25, -0.2) is 9.97 Å². The number of nitrogens with two attached hydrogens (primary N) is 1. The number of carbonyl (C=O) groups is 1. The van der Waals surface area contributed by atoms with Gasteiger partial charge < -0.3 is 11.1 Å². The molecule has 2 aromatic carbocycles. The molecule has 0 radical (unpaired) electrons. The lowest BCUT2D eigenvalue weighted by Crippen LogP contribution is -2.14. The van der Waals surface area contributed by atoms with Crippen LogP contribution >= 0.6 is 11.3 Å². The first-order valence-corrected chi connectivity index (χ1v) is 10.5. The first-order chi connectivity index (χ1) is 15.1. The van der Waals surface area contributed by atoms with E-state index in [9.17, 15) is 4.79 Å². The summed E-state index contributed by atoms with van der Waals surface area (Å²) in [5.41, 5.74) is 10.6. The maximum Gasteiger partial charge on any atom is 0.261 e. The third-order valence-electron chi connectivity index (χ3n) is 4.85. The molecule has 31 heavy (non-hydrogen) atoms. The number of nitrogens with zero attached hydrogens (tertiary/aromatic N) is 4. The van der Waals surface area contributed by atoms with Gasteiger partial charge in [-0.15, -0.1) is 11.3 Å². The van der Waals surface area contributed by atoms with Crippen LogP contribution in [-0.2, 0) is 0 Å². The normalized spacial score (nSPS) is 11.5. The number of fused-ring (bicyclic) bond motifs is 2. The van der Waals surface area contributed by atoms with Gasteiger partial charge in [0.15, 0.2) is 5.65 Å². The predicted molar refractivity (Wildman–Crippen MR) is 126 cm³/mol. The van der Waals surface area contributed by atoms with Crippen molar-refractivity contribution in [2.45, 2.75) is 6.92 Å². The molecule has 0 aliphatic carbocycles. The van der Waals surface area contributed by atoms with E-state index in [2.05, 4.69) is 15.4 Å². The monoisotopic (exact) mass is 426 g/mol. The number of amides is 1. The van der Waals surface area contributed by atoms with Crippen molar-refractivity contribution in [1.82, 2.24) is 14.6 Å². The lowest BCUT2D eigenvalue weighted by Gasteiger charge is -2.05. The number of carbonyl (C=O) groups excluding carboxylic acids is 1. The number of aromatic nitrogens is 3. The van der Waals surface area contributed by atoms with Crippen molar-refractivity contribution in [3.05, 3.63) is 82.0 Å². The molecule has 0 aliphatic heterocycles. The van der Waals surface area contributed by atoms with E-state index in [-0.39, 0.29) is 17.3 Å². The molecule has 7 nitrogen and oxygen atoms in total. The highest BCUT2D eigenvalue weighted by molar-refractivity contribution is 7.11. The van der Waals surface area contributed by atoms with Crippen molar-refractivity contribution in [3.8, 4) is 0 Å². The van der Waals surface area contributed by atoms with Crippen molar-refractivity contribution in [2.24, 2.45) is 5.10 Å². The number of hydrogen-bond donors (Lipinski definition) is 2. The van der Waals surface area contributed by atoms with Crippen molar-refractivity contribution >= 4 is 57.2 Å². The number of benzene rings is 2. The summed E-state index contributed by atoms with van der Waals surface area (Å²) in [6.45, 7) is 1.99. The summed E-state index contributed by atoms with van der Waals surface area (Å²) in [6, 6.07) is 18.9. The van der Waals surface area contributed by atoms with Gasteiger partial charge in [-0.2, -0.15) is 9.78 Å². The van der Waals surface area contributed by atoms with Gasteiger partial charge in [0.25, 0.3) is 5.91 Å². The van der Waals surface area contributed by atoms with Crippen molar-refractivity contribution in [2.75, 3.05) is 11.1 Å². The Morgan fingerprint density at radius 2 is 1.81 bits per heavy atom. The van der Waals surface area contributed by atoms with E-state index in [4.69, 9.17) is 10.7 Å². The molecule has 1 amide bonds. The molecule has 0 fully saturated rings. The van der Waals surface area contributed by atoms with Crippen molar-refractivity contribution in [3.63, 3.8) is 0 Å². The molecule has 3 N–H and O–H groups in total. The fraction of sp³-hybridized carbons (Fsp3) is 0.0435. The van der Waals surface area contributed by atoms with Gasteiger partial charge in [-0.3, -0.25) is 4.79 Å². The Balaban J connectivity index is 1.67. The first kappa shape index (κ1) is 19.0. The van der Waals surface area contributed by atoms with Crippen LogP contribution in [0.15, 0.2) is 71.1 Å². The van der Waals surface area contributed by atoms with E-state index in [1.165, 1.54) is 4.68 Å². The Kier molecular flexibility index (Phi) is 4.68. The number of nitrogens with one attached hydrogen (secondary N) is 1. The van der Waals surface area contributed by atoms with Gasteiger partial charge >= 0.3 is 0 Å². The van der Waals surface area contributed by atoms with Crippen LogP contribution in [0.2, 0.25) is 0 Å². The van der Waals surface area contributed by atoms with Crippen LogP contribution < -0.4 is 11.1 Å². The molecule has 152 valence electrons. The molecule has 0 aliphatic rings. The minimum atomic E-state index is -0.360. The van der Waals surface area contributed by atoms with Gasteiger partial charge in [0, 0.05) is 10.6 Å². The molecular weight excluding hydrogens is 408 g/mol. The largest absolute Gasteiger partial charge is 0.383 e. The molecule has 3 aromatic heterocycles. The maximum atomic E-state index is 13.2. The summed E-state index contributed by atoms with van der Waals surface area (Å²) < 4.78 is 1.47. The summed E-state index contributed by atoms with van der Waals surface area (Å²) in [5, 5.41) is 9.36. The van der Waals surface area contributed by atoms with Gasteiger partial charge in [-0.05, 0) is 42.6 Å². The lowest BCUT2D eigenvalue weighted by atomic mass is 10.2. The fourth-order valence-electron chi connectivity index (χ4n) is 3.30. The van der Waals surface area contributed by atoms with Crippen molar-refractivity contribution < 1.29 is 4.79 Å². The van der Waals surface area contributed by atoms with E-state index in [0.29, 0.717) is 27.9 Å². The Labute approximate surface area is 181 Å². The molecule has 0 spiro atoms. The summed E-state index contributed by atoms with van der Waals surface area (Å²) in [7, 11) is 0. The third kappa shape index (κ3) is 3.53. The van der Waals surface area contributed by atoms with Gasteiger partial charge in [0.1, 0.15) is 16.9 Å². The molecule has 0 unspecified atom stereocenters. The highest BCUT2D eigenvalue weighted by Crippen LogP contribution is 2.28. The van der Waals surface area contributed by atoms with Crippen LogP contribution in [0, 0.1) is 6.92 Å². The van der Waals surface area contributed by atoms with E-state index in [1.807, 2.05) is 73.0 Å². The van der Waals surface area contributed by atoms with Crippen LogP contribution in [0.1, 0.15) is 20.8 Å². The summed E-state index contributed by atoms with van der Waals surface area (Å²) in [6.07, 6.45) is 1.69. The molecule has 0 saturated heterocycles. The Morgan fingerprint density at radius 3 is 2.52 bits per heavy atom. The highest BCUT2D eigenvalue weighted by atomic mass is 32.1. The second-order valence-electron chi connectivity index (χ2n) is 7.04. The zero-order chi connectivity index (χ0) is 21.4. The van der Waals surface area contributed by atoms with Crippen molar-refractivity contribution in [1.29, 1.82) is 0 Å². The quantitative estimate of drug-likeness (QED) is 0.408. The summed E-state index contributed by atoms with van der Waals surface area (Å²) >= 11 is 1.55. The number of para-hydroxylation sites is 2. The Morgan fingerprint density at radius 1 is 1.06 bits per heavy atom. The molecule has 5 rings (SSSR count). The average Bonchev–Trinajstić information content (AvgIpc) is 3.38. The molecule has 8 heteroatoms. The summed E-state index contributed by atoms with van der Waals surface area (Å²) in [4.78, 5) is 23.5.